The molecule has 2 aromatic carbocycles. The predicted octanol–water partition coefficient (Wildman–Crippen LogP) is 2.05. The molecule has 126 valence electrons. The molecule has 2 aromatic rings. The zero-order valence-electron chi connectivity index (χ0n) is 13.8. The Labute approximate surface area is 141 Å². The van der Waals surface area contributed by atoms with E-state index in [2.05, 4.69) is 20.9 Å². The number of guanidine groups is 1. The molecule has 0 heterocycles. The minimum absolute atomic E-state index is 0.115. The van der Waals surface area contributed by atoms with Crippen LogP contribution in [-0.2, 0) is 13.1 Å². The van der Waals surface area contributed by atoms with Crippen molar-refractivity contribution in [2.45, 2.75) is 13.1 Å². The van der Waals surface area contributed by atoms with Crippen LogP contribution < -0.4 is 16.0 Å². The normalized spacial score (nSPS) is 11.0. The Morgan fingerprint density at radius 1 is 1.04 bits per heavy atom. The zero-order chi connectivity index (χ0) is 17.4. The molecule has 0 aromatic heterocycles. The number of hydrogen-bond donors (Lipinski definition) is 3. The van der Waals surface area contributed by atoms with Gasteiger partial charge in [0.15, 0.2) is 5.96 Å². The number of halogens is 1. The maximum absolute atomic E-state index is 12.9. The van der Waals surface area contributed by atoms with Gasteiger partial charge in [-0.3, -0.25) is 9.79 Å². The molecule has 0 aliphatic heterocycles. The second-order valence-electron chi connectivity index (χ2n) is 5.19. The number of rotatable bonds is 5. The number of amides is 1. The van der Waals surface area contributed by atoms with Crippen LogP contribution >= 0.6 is 0 Å². The second-order valence-corrected chi connectivity index (χ2v) is 5.19. The van der Waals surface area contributed by atoms with Crippen molar-refractivity contribution in [3.05, 3.63) is 71.0 Å². The van der Waals surface area contributed by atoms with Crippen LogP contribution in [0.25, 0.3) is 0 Å². The number of nitrogens with one attached hydrogen (secondary N) is 3. The first kappa shape index (κ1) is 17.5. The number of aliphatic imine (C=N–C) groups is 1. The van der Waals surface area contributed by atoms with Gasteiger partial charge in [-0.25, -0.2) is 4.39 Å². The lowest BCUT2D eigenvalue weighted by atomic mass is 10.1. The van der Waals surface area contributed by atoms with E-state index < -0.39 is 0 Å². The van der Waals surface area contributed by atoms with Crippen LogP contribution in [0.15, 0.2) is 53.5 Å². The van der Waals surface area contributed by atoms with Gasteiger partial charge in [0.2, 0.25) is 0 Å². The Hall–Kier alpha value is -2.89. The molecule has 2 rings (SSSR count). The Morgan fingerprint density at radius 3 is 2.33 bits per heavy atom. The van der Waals surface area contributed by atoms with Crippen LogP contribution in [0.4, 0.5) is 4.39 Å². The van der Waals surface area contributed by atoms with Gasteiger partial charge in [-0.15, -0.1) is 0 Å². The van der Waals surface area contributed by atoms with Gasteiger partial charge in [0.05, 0.1) is 0 Å². The van der Waals surface area contributed by atoms with E-state index in [1.54, 1.807) is 32.3 Å². The van der Waals surface area contributed by atoms with Gasteiger partial charge in [0.25, 0.3) is 5.91 Å². The molecular formula is C18H21FN4O. The van der Waals surface area contributed by atoms with E-state index in [0.717, 1.165) is 11.1 Å². The summed E-state index contributed by atoms with van der Waals surface area (Å²) in [5.74, 6) is 0.262. The molecule has 0 fully saturated rings. The summed E-state index contributed by atoms with van der Waals surface area (Å²) in [5.41, 5.74) is 2.55. The van der Waals surface area contributed by atoms with Gasteiger partial charge in [-0.2, -0.15) is 0 Å². The van der Waals surface area contributed by atoms with E-state index >= 15 is 0 Å². The maximum atomic E-state index is 12.9. The maximum Gasteiger partial charge on any atom is 0.251 e. The van der Waals surface area contributed by atoms with E-state index in [9.17, 15) is 9.18 Å². The highest BCUT2D eigenvalue weighted by atomic mass is 19.1. The highest BCUT2D eigenvalue weighted by molar-refractivity contribution is 5.94. The highest BCUT2D eigenvalue weighted by Crippen LogP contribution is 2.05. The first-order valence-corrected chi connectivity index (χ1v) is 7.62. The number of carbonyl (C=O) groups is 1. The molecule has 0 radical (unpaired) electrons. The van der Waals surface area contributed by atoms with E-state index in [1.165, 1.54) is 12.1 Å². The lowest BCUT2D eigenvalue weighted by Gasteiger charge is -2.12. The van der Waals surface area contributed by atoms with Crippen molar-refractivity contribution in [1.29, 1.82) is 0 Å². The number of nitrogens with zero attached hydrogens (tertiary/aromatic N) is 1. The molecule has 0 spiro atoms. The van der Waals surface area contributed by atoms with Gasteiger partial charge in [0, 0.05) is 32.7 Å². The van der Waals surface area contributed by atoms with Crippen molar-refractivity contribution in [1.82, 2.24) is 16.0 Å². The molecule has 0 bridgehead atoms. The molecule has 0 saturated carbocycles. The fraction of sp³-hybridized carbons (Fsp3) is 0.222. The average Bonchev–Trinajstić information content (AvgIpc) is 2.63. The van der Waals surface area contributed by atoms with E-state index in [-0.39, 0.29) is 11.7 Å². The smallest absolute Gasteiger partial charge is 0.251 e. The molecule has 0 unspecified atom stereocenters. The summed E-state index contributed by atoms with van der Waals surface area (Å²) in [5, 5.41) is 8.95. The molecular weight excluding hydrogens is 307 g/mol. The molecule has 0 atom stereocenters. The van der Waals surface area contributed by atoms with Crippen molar-refractivity contribution < 1.29 is 9.18 Å². The largest absolute Gasteiger partial charge is 0.355 e. The minimum atomic E-state index is -0.253. The van der Waals surface area contributed by atoms with Gasteiger partial charge < -0.3 is 16.0 Å². The summed E-state index contributed by atoms with van der Waals surface area (Å²) in [4.78, 5) is 15.8. The summed E-state index contributed by atoms with van der Waals surface area (Å²) in [7, 11) is 3.29. The quantitative estimate of drug-likeness (QED) is 0.581. The predicted molar refractivity (Wildman–Crippen MR) is 93.3 cm³/mol. The van der Waals surface area contributed by atoms with Gasteiger partial charge in [-0.05, 0) is 35.4 Å². The number of carbonyl (C=O) groups excluding carboxylic acids is 1. The first-order chi connectivity index (χ1) is 11.6. The molecule has 24 heavy (non-hydrogen) atoms. The Kier molecular flexibility index (Phi) is 6.31. The topological polar surface area (TPSA) is 65.5 Å². The average molecular weight is 328 g/mol. The monoisotopic (exact) mass is 328 g/mol. The third-order valence-electron chi connectivity index (χ3n) is 3.47. The zero-order valence-corrected chi connectivity index (χ0v) is 13.8. The molecule has 0 aliphatic rings. The summed E-state index contributed by atoms with van der Waals surface area (Å²) in [6.07, 6.45) is 0. The Balaban J connectivity index is 1.89. The SMILES string of the molecule is CN=C(NCc1ccc(F)cc1)NCc1cccc(C(=O)NC)c1. The molecule has 6 heteroatoms. The highest BCUT2D eigenvalue weighted by Gasteiger charge is 2.04. The fourth-order valence-electron chi connectivity index (χ4n) is 2.16. The molecule has 3 N–H and O–H groups in total. The third-order valence-corrected chi connectivity index (χ3v) is 3.47. The number of hydrogen-bond acceptors (Lipinski definition) is 2. The van der Waals surface area contributed by atoms with Crippen LogP contribution in [-0.4, -0.2) is 26.0 Å². The molecule has 0 aliphatic carbocycles. The Bertz CT molecular complexity index is 713. The molecule has 5 nitrogen and oxygen atoms in total. The Morgan fingerprint density at radius 2 is 1.71 bits per heavy atom. The van der Waals surface area contributed by atoms with Crippen LogP contribution in [0.5, 0.6) is 0 Å². The summed E-state index contributed by atoms with van der Waals surface area (Å²) in [6.45, 7) is 1.08. The van der Waals surface area contributed by atoms with Crippen LogP contribution in [0.3, 0.4) is 0 Å². The van der Waals surface area contributed by atoms with Gasteiger partial charge >= 0.3 is 0 Å². The van der Waals surface area contributed by atoms with Crippen molar-refractivity contribution in [3.63, 3.8) is 0 Å². The fourth-order valence-corrected chi connectivity index (χ4v) is 2.16. The van der Waals surface area contributed by atoms with Crippen LogP contribution in [0, 0.1) is 5.82 Å². The van der Waals surface area contributed by atoms with E-state index in [4.69, 9.17) is 0 Å². The van der Waals surface area contributed by atoms with E-state index in [0.29, 0.717) is 24.6 Å². The summed E-state index contributed by atoms with van der Waals surface area (Å²) < 4.78 is 12.9. The molecule has 1 amide bonds. The summed E-state index contributed by atoms with van der Waals surface area (Å²) >= 11 is 0. The van der Waals surface area contributed by atoms with E-state index in [1.807, 2.05) is 18.2 Å². The lowest BCUT2D eigenvalue weighted by Crippen LogP contribution is -2.36. The summed E-state index contributed by atoms with van der Waals surface area (Å²) in [6, 6.07) is 13.7. The molecule has 0 saturated heterocycles. The van der Waals surface area contributed by atoms with Gasteiger partial charge in [-0.1, -0.05) is 24.3 Å². The number of benzene rings is 2. The van der Waals surface area contributed by atoms with Crippen LogP contribution in [0.2, 0.25) is 0 Å². The first-order valence-electron chi connectivity index (χ1n) is 7.62. The van der Waals surface area contributed by atoms with Crippen molar-refractivity contribution >= 4 is 11.9 Å². The van der Waals surface area contributed by atoms with Crippen LogP contribution in [0.1, 0.15) is 21.5 Å². The third kappa shape index (κ3) is 5.08. The van der Waals surface area contributed by atoms with Gasteiger partial charge in [0.1, 0.15) is 5.82 Å². The second kappa shape index (κ2) is 8.67. The lowest BCUT2D eigenvalue weighted by molar-refractivity contribution is 0.0963. The minimum Gasteiger partial charge on any atom is -0.355 e. The van der Waals surface area contributed by atoms with Crippen molar-refractivity contribution in [3.8, 4) is 0 Å². The van der Waals surface area contributed by atoms with Crippen molar-refractivity contribution in [2.24, 2.45) is 4.99 Å². The standard InChI is InChI=1S/C18H21FN4O/c1-20-17(24)15-5-3-4-14(10-15)12-23-18(21-2)22-11-13-6-8-16(19)9-7-13/h3-10H,11-12H2,1-2H3,(H,20,24)(H2,21,22,23). The van der Waals surface area contributed by atoms with Crippen molar-refractivity contribution in [2.75, 3.05) is 14.1 Å².